The van der Waals surface area contributed by atoms with Crippen LogP contribution in [-0.4, -0.2) is 61.0 Å². The quantitative estimate of drug-likeness (QED) is 0.391. The summed E-state index contributed by atoms with van der Waals surface area (Å²) in [6, 6.07) is 7.66. The van der Waals surface area contributed by atoms with Crippen molar-refractivity contribution in [2.24, 2.45) is 0 Å². The monoisotopic (exact) mass is 504 g/mol. The van der Waals surface area contributed by atoms with Crippen molar-refractivity contribution < 1.29 is 41.9 Å². The molecular formula is C23H24N2O9S. The van der Waals surface area contributed by atoms with Gasteiger partial charge >= 0.3 is 0 Å². The first kappa shape index (κ1) is 27.2. The Morgan fingerprint density at radius 1 is 1.03 bits per heavy atom. The second-order valence-electron chi connectivity index (χ2n) is 7.28. The number of aromatic hydroxyl groups is 1. The van der Waals surface area contributed by atoms with E-state index in [0.29, 0.717) is 17.5 Å². The van der Waals surface area contributed by atoms with E-state index < -0.39 is 27.6 Å². The molecule has 11 nitrogen and oxygen atoms in total. The van der Waals surface area contributed by atoms with Gasteiger partial charge in [0.1, 0.15) is 5.75 Å². The highest BCUT2D eigenvalue weighted by atomic mass is 32.2. The van der Waals surface area contributed by atoms with Crippen molar-refractivity contribution in [3.05, 3.63) is 76.5 Å². The standard InChI is InChI=1S/C22H20N2O6.CH4O3S/c1-12-15(19(27)21(30-3)20(29-2)18(12)26)10-13-4-5-17(25)16(11-13)22(28)24-14-6-8-23-9-7-14;1-5(2,3)4/h4-9,11,25H,10H2,1-3H3,(H,23,24,28);1H3,(H,2,3,4). The van der Waals surface area contributed by atoms with E-state index in [1.165, 1.54) is 38.7 Å². The number of aromatic nitrogens is 1. The number of carbonyl (C=O) groups is 3. The molecule has 12 heteroatoms. The first-order valence-electron chi connectivity index (χ1n) is 9.94. The number of methoxy groups -OCH3 is 2. The van der Waals surface area contributed by atoms with Crippen LogP contribution in [0.25, 0.3) is 0 Å². The van der Waals surface area contributed by atoms with Gasteiger partial charge in [-0.05, 0) is 36.8 Å². The fourth-order valence-corrected chi connectivity index (χ4v) is 3.12. The summed E-state index contributed by atoms with van der Waals surface area (Å²) in [5.74, 6) is -1.90. The highest BCUT2D eigenvalue weighted by molar-refractivity contribution is 7.85. The van der Waals surface area contributed by atoms with Gasteiger partial charge in [-0.3, -0.25) is 23.9 Å². The molecule has 1 aromatic heterocycles. The van der Waals surface area contributed by atoms with Crippen LogP contribution < -0.4 is 5.32 Å². The maximum Gasteiger partial charge on any atom is 0.261 e. The van der Waals surface area contributed by atoms with E-state index in [2.05, 4.69) is 10.3 Å². The summed E-state index contributed by atoms with van der Waals surface area (Å²) >= 11 is 0. The number of ether oxygens (including phenoxy) is 2. The number of amides is 1. The summed E-state index contributed by atoms with van der Waals surface area (Å²) in [7, 11) is -1.08. The summed E-state index contributed by atoms with van der Waals surface area (Å²) in [5.41, 5.74) is 1.61. The number of phenolic OH excluding ortho intramolecular Hbond substituents is 1. The van der Waals surface area contributed by atoms with Crippen molar-refractivity contribution >= 4 is 33.3 Å². The van der Waals surface area contributed by atoms with E-state index in [4.69, 9.17) is 14.0 Å². The van der Waals surface area contributed by atoms with E-state index in [0.717, 1.165) is 0 Å². The first-order chi connectivity index (χ1) is 16.4. The maximum atomic E-state index is 12.8. The predicted molar refractivity (Wildman–Crippen MR) is 125 cm³/mol. The average molecular weight is 505 g/mol. The van der Waals surface area contributed by atoms with Gasteiger partial charge in [0.15, 0.2) is 0 Å². The normalized spacial score (nSPS) is 13.7. The Hall–Kier alpha value is -4.03. The molecular weight excluding hydrogens is 480 g/mol. The Balaban J connectivity index is 0.000000784. The van der Waals surface area contributed by atoms with Gasteiger partial charge in [-0.1, -0.05) is 6.07 Å². The third-order valence-electron chi connectivity index (χ3n) is 4.72. The second-order valence-corrected chi connectivity index (χ2v) is 8.75. The maximum absolute atomic E-state index is 12.8. The lowest BCUT2D eigenvalue weighted by Crippen LogP contribution is -2.26. The lowest BCUT2D eigenvalue weighted by atomic mass is 9.88. The van der Waals surface area contributed by atoms with Crippen LogP contribution in [0.1, 0.15) is 22.8 Å². The zero-order valence-corrected chi connectivity index (χ0v) is 20.2. The molecule has 0 aliphatic heterocycles. The SMILES string of the molecule is COC1=C(OC)C(=O)C(Cc2ccc(O)c(C(=O)Nc3ccncc3)c2)=C(C)C1=O.CS(=O)(=O)O. The Kier molecular flexibility index (Phi) is 8.87. The molecule has 0 unspecified atom stereocenters. The minimum Gasteiger partial charge on any atom is -0.507 e. The van der Waals surface area contributed by atoms with E-state index in [1.807, 2.05) is 0 Å². The second kappa shape index (κ2) is 11.4. The van der Waals surface area contributed by atoms with E-state index >= 15 is 0 Å². The molecule has 3 rings (SSSR count). The number of ketones is 2. The number of phenols is 1. The zero-order valence-electron chi connectivity index (χ0n) is 19.4. The van der Waals surface area contributed by atoms with Gasteiger partial charge in [-0.15, -0.1) is 0 Å². The van der Waals surface area contributed by atoms with Crippen LogP contribution >= 0.6 is 0 Å². The number of nitrogens with zero attached hydrogens (tertiary/aromatic N) is 1. The lowest BCUT2D eigenvalue weighted by Gasteiger charge is -2.20. The molecule has 0 saturated carbocycles. The number of hydrogen-bond acceptors (Lipinski definition) is 9. The van der Waals surface area contributed by atoms with E-state index in [1.54, 1.807) is 25.1 Å². The predicted octanol–water partition coefficient (Wildman–Crippen LogP) is 2.06. The number of Topliss-reactive ketones (excluding diaryl/α,β-unsaturated/α-hetero) is 2. The number of hydrogen-bond donors (Lipinski definition) is 3. The Bertz CT molecular complexity index is 1310. The van der Waals surface area contributed by atoms with Crippen LogP contribution in [0.4, 0.5) is 5.69 Å². The lowest BCUT2D eigenvalue weighted by molar-refractivity contribution is -0.121. The van der Waals surface area contributed by atoms with Crippen molar-refractivity contribution in [2.45, 2.75) is 13.3 Å². The number of nitrogens with one attached hydrogen (secondary N) is 1. The molecule has 0 spiro atoms. The molecule has 35 heavy (non-hydrogen) atoms. The Morgan fingerprint density at radius 2 is 1.57 bits per heavy atom. The third-order valence-corrected chi connectivity index (χ3v) is 4.72. The topological polar surface area (TPSA) is 169 Å². The average Bonchev–Trinajstić information content (AvgIpc) is 2.79. The Labute approximate surface area is 201 Å². The number of carbonyl (C=O) groups excluding carboxylic acids is 3. The van der Waals surface area contributed by atoms with Crippen LogP contribution in [0.15, 0.2) is 65.4 Å². The van der Waals surface area contributed by atoms with Gasteiger partial charge in [0, 0.05) is 35.6 Å². The van der Waals surface area contributed by atoms with Crippen molar-refractivity contribution in [1.82, 2.24) is 4.98 Å². The van der Waals surface area contributed by atoms with Crippen molar-refractivity contribution in [3.8, 4) is 5.75 Å². The van der Waals surface area contributed by atoms with Crippen LogP contribution in [0.5, 0.6) is 5.75 Å². The number of allylic oxidation sites excluding steroid dienone is 2. The molecule has 0 bridgehead atoms. The smallest absolute Gasteiger partial charge is 0.261 e. The molecule has 1 aliphatic carbocycles. The highest BCUT2D eigenvalue weighted by Gasteiger charge is 2.34. The number of rotatable bonds is 6. The summed E-state index contributed by atoms with van der Waals surface area (Å²) in [4.78, 5) is 41.8. The molecule has 3 N–H and O–H groups in total. The van der Waals surface area contributed by atoms with E-state index in [-0.39, 0.29) is 40.4 Å². The van der Waals surface area contributed by atoms with Gasteiger partial charge in [-0.25, -0.2) is 0 Å². The fourth-order valence-electron chi connectivity index (χ4n) is 3.12. The van der Waals surface area contributed by atoms with Gasteiger partial charge in [0.2, 0.25) is 23.1 Å². The van der Waals surface area contributed by atoms with Crippen LogP contribution in [-0.2, 0) is 35.6 Å². The summed E-state index contributed by atoms with van der Waals surface area (Å²) in [6.45, 7) is 1.54. The summed E-state index contributed by atoms with van der Waals surface area (Å²) < 4.78 is 36.0. The van der Waals surface area contributed by atoms with Crippen molar-refractivity contribution in [3.63, 3.8) is 0 Å². The Morgan fingerprint density at radius 3 is 2.11 bits per heavy atom. The number of anilines is 1. The molecule has 1 aliphatic rings. The molecule has 0 atom stereocenters. The molecule has 0 fully saturated rings. The molecule has 1 aromatic carbocycles. The molecule has 1 amide bonds. The molecule has 0 saturated heterocycles. The molecule has 1 heterocycles. The largest absolute Gasteiger partial charge is 0.507 e. The van der Waals surface area contributed by atoms with Crippen LogP contribution in [0.3, 0.4) is 0 Å². The number of pyridine rings is 1. The molecule has 0 radical (unpaired) electrons. The van der Waals surface area contributed by atoms with Crippen LogP contribution in [0.2, 0.25) is 0 Å². The minimum absolute atomic E-state index is 0.0391. The zero-order chi connectivity index (χ0) is 26.3. The van der Waals surface area contributed by atoms with Gasteiger partial charge < -0.3 is 19.9 Å². The molecule has 2 aromatic rings. The summed E-state index contributed by atoms with van der Waals surface area (Å²) in [6.07, 6.45) is 3.85. The van der Waals surface area contributed by atoms with Gasteiger partial charge in [0.05, 0.1) is 26.0 Å². The van der Waals surface area contributed by atoms with E-state index in [9.17, 15) is 27.9 Å². The first-order valence-corrected chi connectivity index (χ1v) is 11.8. The highest BCUT2D eigenvalue weighted by Crippen LogP contribution is 2.29. The van der Waals surface area contributed by atoms with Gasteiger partial charge in [-0.2, -0.15) is 8.42 Å². The third kappa shape index (κ3) is 7.22. The van der Waals surface area contributed by atoms with Crippen molar-refractivity contribution in [2.75, 3.05) is 25.8 Å². The molecule has 186 valence electrons. The minimum atomic E-state index is -3.67. The fraction of sp³-hybridized carbons (Fsp3) is 0.217. The summed E-state index contributed by atoms with van der Waals surface area (Å²) in [5, 5.41) is 12.8. The van der Waals surface area contributed by atoms with Crippen molar-refractivity contribution in [1.29, 1.82) is 0 Å². The van der Waals surface area contributed by atoms with Gasteiger partial charge in [0.25, 0.3) is 16.0 Å². The number of benzene rings is 1. The van der Waals surface area contributed by atoms with Crippen LogP contribution in [0, 0.1) is 0 Å².